The number of nitrogens with zero attached hydrogens (tertiary/aromatic N) is 1. The molecule has 0 aromatic heterocycles. The summed E-state index contributed by atoms with van der Waals surface area (Å²) in [6, 6.07) is 9.37. The molecule has 2 atom stereocenters. The average Bonchev–Trinajstić information content (AvgIpc) is 2.37. The molecule has 2 nitrogen and oxygen atoms in total. The Morgan fingerprint density at radius 1 is 1.38 bits per heavy atom. The van der Waals surface area contributed by atoms with Crippen LogP contribution >= 0.6 is 0 Å². The molecule has 1 aromatic rings. The first-order valence-corrected chi connectivity index (χ1v) is 6.33. The summed E-state index contributed by atoms with van der Waals surface area (Å²) in [5, 5.41) is 0. The van der Waals surface area contributed by atoms with Gasteiger partial charge < -0.3 is 4.74 Å². The summed E-state index contributed by atoms with van der Waals surface area (Å²) in [6.45, 7) is 5.37. The van der Waals surface area contributed by atoms with Crippen LogP contribution in [0, 0.1) is 0 Å². The highest BCUT2D eigenvalue weighted by molar-refractivity contribution is 5.33. The highest BCUT2D eigenvalue weighted by Crippen LogP contribution is 2.37. The average molecular weight is 217 g/mol. The number of benzene rings is 1. The molecule has 0 radical (unpaired) electrons. The molecule has 1 aliphatic heterocycles. The lowest BCUT2D eigenvalue weighted by molar-refractivity contribution is -0.0784. The van der Waals surface area contributed by atoms with E-state index in [1.54, 1.807) is 0 Å². The van der Waals surface area contributed by atoms with Gasteiger partial charge in [0.25, 0.3) is 0 Å². The lowest BCUT2D eigenvalue weighted by atomic mass is 9.84. The molecule has 0 spiro atoms. The third kappa shape index (κ3) is 1.57. The number of aryl methyl sites for hydroxylation is 1. The molecule has 0 N–H and O–H groups in total. The van der Waals surface area contributed by atoms with Gasteiger partial charge in [-0.2, -0.15) is 0 Å². The van der Waals surface area contributed by atoms with Gasteiger partial charge in [0, 0.05) is 12.6 Å². The molecule has 1 fully saturated rings. The number of ether oxygens (including phenoxy) is 1. The Labute approximate surface area is 97.2 Å². The summed E-state index contributed by atoms with van der Waals surface area (Å²) in [5.74, 6) is 0. The molecule has 1 aromatic carbocycles. The molecule has 0 unspecified atom stereocenters. The van der Waals surface area contributed by atoms with Gasteiger partial charge in [-0.15, -0.1) is 0 Å². The molecule has 2 heteroatoms. The van der Waals surface area contributed by atoms with Crippen LogP contribution in [-0.2, 0) is 11.2 Å². The number of fused-ring (bicyclic) bond motifs is 3. The van der Waals surface area contributed by atoms with E-state index in [2.05, 4.69) is 36.1 Å². The second-order valence-corrected chi connectivity index (χ2v) is 4.72. The summed E-state index contributed by atoms with van der Waals surface area (Å²) in [7, 11) is 0. The topological polar surface area (TPSA) is 12.5 Å². The largest absolute Gasteiger partial charge is 0.371 e. The lowest BCUT2D eigenvalue weighted by Gasteiger charge is -2.44. The molecular formula is C14H19NO. The minimum atomic E-state index is 0.318. The second-order valence-electron chi connectivity index (χ2n) is 4.72. The molecule has 1 aliphatic carbocycles. The molecule has 86 valence electrons. The molecule has 0 bridgehead atoms. The van der Waals surface area contributed by atoms with Gasteiger partial charge in [-0.3, -0.25) is 4.90 Å². The maximum Gasteiger partial charge on any atom is 0.0983 e. The second kappa shape index (κ2) is 4.19. The minimum absolute atomic E-state index is 0.318. The Kier molecular flexibility index (Phi) is 2.70. The van der Waals surface area contributed by atoms with E-state index in [1.807, 2.05) is 0 Å². The normalized spacial score (nSPS) is 29.6. The van der Waals surface area contributed by atoms with Crippen LogP contribution in [0.2, 0.25) is 0 Å². The third-order valence-corrected chi connectivity index (χ3v) is 3.97. The first-order valence-electron chi connectivity index (χ1n) is 6.33. The molecule has 0 saturated carbocycles. The van der Waals surface area contributed by atoms with Crippen molar-refractivity contribution in [3.63, 3.8) is 0 Å². The Morgan fingerprint density at radius 3 is 3.12 bits per heavy atom. The maximum atomic E-state index is 6.00. The molecule has 16 heavy (non-hydrogen) atoms. The number of morpholine rings is 1. The molecule has 3 rings (SSSR count). The van der Waals surface area contributed by atoms with Crippen LogP contribution in [0.15, 0.2) is 24.3 Å². The highest BCUT2D eigenvalue weighted by atomic mass is 16.5. The van der Waals surface area contributed by atoms with Gasteiger partial charge in [0.05, 0.1) is 12.7 Å². The highest BCUT2D eigenvalue weighted by Gasteiger charge is 2.36. The van der Waals surface area contributed by atoms with Crippen LogP contribution in [0.3, 0.4) is 0 Å². The predicted octanol–water partition coefficient (Wildman–Crippen LogP) is 2.39. The number of hydrogen-bond donors (Lipinski definition) is 0. The van der Waals surface area contributed by atoms with Gasteiger partial charge in [0.2, 0.25) is 0 Å². The number of hydrogen-bond acceptors (Lipinski definition) is 2. The molecule has 1 saturated heterocycles. The van der Waals surface area contributed by atoms with Gasteiger partial charge in [0.15, 0.2) is 0 Å². The lowest BCUT2D eigenvalue weighted by Crippen LogP contribution is -2.48. The quantitative estimate of drug-likeness (QED) is 0.716. The van der Waals surface area contributed by atoms with Crippen molar-refractivity contribution in [2.24, 2.45) is 0 Å². The van der Waals surface area contributed by atoms with E-state index in [1.165, 1.54) is 24.0 Å². The van der Waals surface area contributed by atoms with Crippen molar-refractivity contribution < 1.29 is 4.74 Å². The van der Waals surface area contributed by atoms with Crippen molar-refractivity contribution in [3.8, 4) is 0 Å². The minimum Gasteiger partial charge on any atom is -0.371 e. The van der Waals surface area contributed by atoms with E-state index in [9.17, 15) is 0 Å². The van der Waals surface area contributed by atoms with Crippen LogP contribution in [0.5, 0.6) is 0 Å². The van der Waals surface area contributed by atoms with E-state index in [0.717, 1.165) is 19.7 Å². The Morgan fingerprint density at radius 2 is 2.25 bits per heavy atom. The smallest absolute Gasteiger partial charge is 0.0983 e. The first kappa shape index (κ1) is 10.3. The van der Waals surface area contributed by atoms with Crippen molar-refractivity contribution in [2.45, 2.75) is 31.9 Å². The summed E-state index contributed by atoms with van der Waals surface area (Å²) >= 11 is 0. The molecule has 1 heterocycles. The van der Waals surface area contributed by atoms with E-state index in [-0.39, 0.29) is 0 Å². The van der Waals surface area contributed by atoms with Crippen molar-refractivity contribution in [1.29, 1.82) is 0 Å². The summed E-state index contributed by atoms with van der Waals surface area (Å²) < 4.78 is 6.00. The summed E-state index contributed by atoms with van der Waals surface area (Å²) in [5.41, 5.74) is 2.92. The Hall–Kier alpha value is -0.860. The van der Waals surface area contributed by atoms with Gasteiger partial charge in [-0.1, -0.05) is 31.2 Å². The van der Waals surface area contributed by atoms with Crippen molar-refractivity contribution in [3.05, 3.63) is 35.4 Å². The fourth-order valence-corrected chi connectivity index (χ4v) is 3.13. The fraction of sp³-hybridized carbons (Fsp3) is 0.571. The van der Waals surface area contributed by atoms with Crippen LogP contribution in [0.25, 0.3) is 0 Å². The summed E-state index contributed by atoms with van der Waals surface area (Å²) in [6.07, 6.45) is 2.77. The number of rotatable bonds is 1. The van der Waals surface area contributed by atoms with Crippen LogP contribution in [-0.4, -0.2) is 30.6 Å². The van der Waals surface area contributed by atoms with Gasteiger partial charge in [-0.25, -0.2) is 0 Å². The number of likely N-dealkylation sites (N-methyl/N-ethyl adjacent to an activating group) is 1. The van der Waals surface area contributed by atoms with Gasteiger partial charge in [0.1, 0.15) is 0 Å². The van der Waals surface area contributed by atoms with Gasteiger partial charge >= 0.3 is 0 Å². The maximum absolute atomic E-state index is 6.00. The predicted molar refractivity (Wildman–Crippen MR) is 64.5 cm³/mol. The zero-order valence-electron chi connectivity index (χ0n) is 9.86. The molecule has 0 amide bonds. The van der Waals surface area contributed by atoms with E-state index >= 15 is 0 Å². The van der Waals surface area contributed by atoms with E-state index in [0.29, 0.717) is 12.1 Å². The van der Waals surface area contributed by atoms with Gasteiger partial charge in [-0.05, 0) is 30.5 Å². The SMILES string of the molecule is CCN1CCO[C@H]2c3ccccc3CC[C@@H]21. The van der Waals surface area contributed by atoms with E-state index < -0.39 is 0 Å². The van der Waals surface area contributed by atoms with Crippen molar-refractivity contribution in [1.82, 2.24) is 4.90 Å². The van der Waals surface area contributed by atoms with Crippen molar-refractivity contribution in [2.75, 3.05) is 19.7 Å². The zero-order valence-corrected chi connectivity index (χ0v) is 9.86. The third-order valence-electron chi connectivity index (χ3n) is 3.97. The van der Waals surface area contributed by atoms with Crippen LogP contribution in [0.4, 0.5) is 0 Å². The Bertz CT molecular complexity index is 377. The summed E-state index contributed by atoms with van der Waals surface area (Å²) in [4.78, 5) is 2.57. The fourth-order valence-electron chi connectivity index (χ4n) is 3.13. The first-order chi connectivity index (χ1) is 7.90. The monoisotopic (exact) mass is 217 g/mol. The van der Waals surface area contributed by atoms with Crippen LogP contribution < -0.4 is 0 Å². The van der Waals surface area contributed by atoms with Crippen molar-refractivity contribution >= 4 is 0 Å². The van der Waals surface area contributed by atoms with Crippen LogP contribution in [0.1, 0.15) is 30.6 Å². The van der Waals surface area contributed by atoms with E-state index in [4.69, 9.17) is 4.74 Å². The Balaban J connectivity index is 1.94. The molecule has 2 aliphatic rings. The standard InChI is InChI=1S/C14H19NO/c1-2-15-9-10-16-14-12-6-4-3-5-11(12)7-8-13(14)15/h3-6,13-14H,2,7-10H2,1H3/t13-,14-/m0/s1. The molecular weight excluding hydrogens is 198 g/mol. The zero-order chi connectivity index (χ0) is 11.0.